The first-order valence-corrected chi connectivity index (χ1v) is 7.62. The van der Waals surface area contributed by atoms with E-state index in [0.29, 0.717) is 6.42 Å². The van der Waals surface area contributed by atoms with Crippen LogP contribution in [-0.2, 0) is 23.9 Å². The summed E-state index contributed by atoms with van der Waals surface area (Å²) in [7, 11) is 0. The van der Waals surface area contributed by atoms with E-state index in [1.54, 1.807) is 13.8 Å². The first kappa shape index (κ1) is 16.5. The summed E-state index contributed by atoms with van der Waals surface area (Å²) in [6.45, 7) is 5.69. The van der Waals surface area contributed by atoms with Crippen LogP contribution in [0.1, 0.15) is 40.0 Å². The second-order valence-corrected chi connectivity index (χ2v) is 6.10. The third kappa shape index (κ3) is 2.72. The van der Waals surface area contributed by atoms with E-state index >= 15 is 0 Å². The van der Waals surface area contributed by atoms with Gasteiger partial charge in [0.2, 0.25) is 0 Å². The zero-order valence-electron chi connectivity index (χ0n) is 13.3. The molecule has 5 heteroatoms. The summed E-state index contributed by atoms with van der Waals surface area (Å²) in [6, 6.07) is 0. The standard InChI is InChI=1S/C17H22O5/c1-4-21-14(19)17(15(20)22-5-2)9-12-6-7-16(3,11-18)8-13(12)10-17/h6,8,11H,4-5,7,9-10H2,1-3H3. The van der Waals surface area contributed by atoms with Gasteiger partial charge >= 0.3 is 11.9 Å². The fourth-order valence-electron chi connectivity index (χ4n) is 3.08. The Labute approximate surface area is 130 Å². The van der Waals surface area contributed by atoms with Crippen LogP contribution < -0.4 is 0 Å². The molecule has 0 heterocycles. The molecular formula is C17H22O5. The van der Waals surface area contributed by atoms with Crippen molar-refractivity contribution in [2.45, 2.75) is 40.0 Å². The van der Waals surface area contributed by atoms with E-state index in [2.05, 4.69) is 0 Å². The van der Waals surface area contributed by atoms with Gasteiger partial charge in [0.05, 0.1) is 13.2 Å². The van der Waals surface area contributed by atoms with Crippen molar-refractivity contribution in [1.29, 1.82) is 0 Å². The van der Waals surface area contributed by atoms with Gasteiger partial charge in [0, 0.05) is 5.41 Å². The second kappa shape index (κ2) is 6.07. The lowest BCUT2D eigenvalue weighted by Gasteiger charge is -2.23. The number of aldehydes is 1. The minimum Gasteiger partial charge on any atom is -0.465 e. The Morgan fingerprint density at radius 3 is 2.18 bits per heavy atom. The number of carbonyl (C=O) groups is 3. The normalized spacial score (nSPS) is 25.6. The third-order valence-electron chi connectivity index (χ3n) is 4.29. The van der Waals surface area contributed by atoms with Crippen molar-refractivity contribution >= 4 is 18.2 Å². The monoisotopic (exact) mass is 306 g/mol. The fourth-order valence-corrected chi connectivity index (χ4v) is 3.08. The van der Waals surface area contributed by atoms with Gasteiger partial charge in [0.15, 0.2) is 5.41 Å². The van der Waals surface area contributed by atoms with Gasteiger partial charge < -0.3 is 14.3 Å². The van der Waals surface area contributed by atoms with Crippen molar-refractivity contribution in [2.75, 3.05) is 13.2 Å². The molecule has 2 aliphatic rings. The lowest BCUT2D eigenvalue weighted by atomic mass is 9.81. The number of allylic oxidation sites excluding steroid dienone is 4. The van der Waals surface area contributed by atoms with E-state index in [4.69, 9.17) is 9.47 Å². The predicted octanol–water partition coefficient (Wildman–Crippen LogP) is 2.35. The van der Waals surface area contributed by atoms with Crippen molar-refractivity contribution in [3.05, 3.63) is 23.3 Å². The molecule has 22 heavy (non-hydrogen) atoms. The Morgan fingerprint density at radius 2 is 1.68 bits per heavy atom. The molecule has 5 nitrogen and oxygen atoms in total. The minimum absolute atomic E-state index is 0.212. The first-order valence-electron chi connectivity index (χ1n) is 7.62. The molecule has 1 fully saturated rings. The smallest absolute Gasteiger partial charge is 0.324 e. The van der Waals surface area contributed by atoms with Crippen LogP contribution >= 0.6 is 0 Å². The number of esters is 2. The average molecular weight is 306 g/mol. The van der Waals surface area contributed by atoms with Crippen molar-refractivity contribution in [3.63, 3.8) is 0 Å². The number of rotatable bonds is 5. The molecule has 0 spiro atoms. The Kier molecular flexibility index (Phi) is 4.54. The van der Waals surface area contributed by atoms with Gasteiger partial charge in [0.25, 0.3) is 0 Å². The molecular weight excluding hydrogens is 284 g/mol. The van der Waals surface area contributed by atoms with Crippen molar-refractivity contribution in [3.8, 4) is 0 Å². The molecule has 0 aromatic heterocycles. The molecule has 2 aliphatic carbocycles. The largest absolute Gasteiger partial charge is 0.465 e. The van der Waals surface area contributed by atoms with Gasteiger partial charge in [-0.1, -0.05) is 12.2 Å². The lowest BCUT2D eigenvalue weighted by molar-refractivity contribution is -0.171. The number of fused-ring (bicyclic) bond motifs is 1. The molecule has 1 unspecified atom stereocenters. The summed E-state index contributed by atoms with van der Waals surface area (Å²) < 4.78 is 10.2. The highest BCUT2D eigenvalue weighted by Gasteiger charge is 2.55. The van der Waals surface area contributed by atoms with E-state index in [1.807, 2.05) is 19.1 Å². The Balaban J connectivity index is 2.38. The summed E-state index contributed by atoms with van der Waals surface area (Å²) in [6.07, 6.45) is 5.82. The molecule has 0 aromatic rings. The molecule has 1 saturated carbocycles. The van der Waals surface area contributed by atoms with E-state index in [1.165, 1.54) is 0 Å². The molecule has 0 aromatic carbocycles. The molecule has 0 bridgehead atoms. The summed E-state index contributed by atoms with van der Waals surface area (Å²) in [5, 5.41) is 0. The maximum atomic E-state index is 12.4. The van der Waals surface area contributed by atoms with Gasteiger partial charge in [-0.15, -0.1) is 0 Å². The topological polar surface area (TPSA) is 69.7 Å². The van der Waals surface area contributed by atoms with Crippen LogP contribution in [0.3, 0.4) is 0 Å². The first-order chi connectivity index (χ1) is 10.4. The summed E-state index contributed by atoms with van der Waals surface area (Å²) >= 11 is 0. The highest BCUT2D eigenvalue weighted by Crippen LogP contribution is 2.50. The summed E-state index contributed by atoms with van der Waals surface area (Å²) in [4.78, 5) is 36.1. The van der Waals surface area contributed by atoms with Crippen LogP contribution in [0.5, 0.6) is 0 Å². The molecule has 120 valence electrons. The van der Waals surface area contributed by atoms with Crippen molar-refractivity contribution in [2.24, 2.45) is 10.8 Å². The highest BCUT2D eigenvalue weighted by molar-refractivity contribution is 6.02. The van der Waals surface area contributed by atoms with Gasteiger partial charge in [-0.05, 0) is 51.2 Å². The molecule has 0 N–H and O–H groups in total. The predicted molar refractivity (Wildman–Crippen MR) is 79.9 cm³/mol. The van der Waals surface area contributed by atoms with Gasteiger partial charge in [-0.2, -0.15) is 0 Å². The number of ether oxygens (including phenoxy) is 2. The molecule has 0 radical (unpaired) electrons. The van der Waals surface area contributed by atoms with Gasteiger partial charge in [-0.3, -0.25) is 9.59 Å². The molecule has 0 amide bonds. The van der Waals surface area contributed by atoms with E-state index in [-0.39, 0.29) is 26.1 Å². The summed E-state index contributed by atoms with van der Waals surface area (Å²) in [5.74, 6) is -1.09. The Morgan fingerprint density at radius 1 is 1.14 bits per heavy atom. The second-order valence-electron chi connectivity index (χ2n) is 6.10. The minimum atomic E-state index is -1.31. The van der Waals surface area contributed by atoms with Crippen molar-refractivity contribution < 1.29 is 23.9 Å². The zero-order valence-corrected chi connectivity index (χ0v) is 13.3. The molecule has 0 saturated heterocycles. The van der Waals surface area contributed by atoms with Crippen molar-refractivity contribution in [1.82, 2.24) is 0 Å². The van der Waals surface area contributed by atoms with Crippen LogP contribution in [0, 0.1) is 10.8 Å². The van der Waals surface area contributed by atoms with E-state index in [9.17, 15) is 14.4 Å². The van der Waals surface area contributed by atoms with E-state index in [0.717, 1.165) is 17.4 Å². The number of hydrogen-bond acceptors (Lipinski definition) is 5. The fraction of sp³-hybridized carbons (Fsp3) is 0.588. The maximum absolute atomic E-state index is 12.4. The molecule has 2 rings (SSSR count). The third-order valence-corrected chi connectivity index (χ3v) is 4.29. The highest BCUT2D eigenvalue weighted by atomic mass is 16.6. The van der Waals surface area contributed by atoms with Crippen LogP contribution in [-0.4, -0.2) is 31.4 Å². The van der Waals surface area contributed by atoms with Crippen LogP contribution in [0.4, 0.5) is 0 Å². The maximum Gasteiger partial charge on any atom is 0.324 e. The molecule has 0 aliphatic heterocycles. The number of carbonyl (C=O) groups excluding carboxylic acids is 3. The Bertz CT molecular complexity index is 539. The quantitative estimate of drug-likeness (QED) is 0.443. The van der Waals surface area contributed by atoms with Gasteiger partial charge in [-0.25, -0.2) is 0 Å². The average Bonchev–Trinajstić information content (AvgIpc) is 2.87. The molecule has 1 atom stereocenters. The van der Waals surface area contributed by atoms with Crippen LogP contribution in [0.2, 0.25) is 0 Å². The Hall–Kier alpha value is -1.91. The zero-order chi connectivity index (χ0) is 16.4. The van der Waals surface area contributed by atoms with Crippen LogP contribution in [0.25, 0.3) is 0 Å². The lowest BCUT2D eigenvalue weighted by Crippen LogP contribution is -2.39. The number of hydrogen-bond donors (Lipinski definition) is 0. The van der Waals surface area contributed by atoms with Crippen LogP contribution in [0.15, 0.2) is 23.3 Å². The SMILES string of the molecule is CCOC(=O)C1(C(=O)OCC)CC2=CCC(C)(C=O)C=C2C1. The van der Waals surface area contributed by atoms with Gasteiger partial charge in [0.1, 0.15) is 6.29 Å². The van der Waals surface area contributed by atoms with E-state index < -0.39 is 22.8 Å². The summed E-state index contributed by atoms with van der Waals surface area (Å²) in [5.41, 5.74) is -0.0573.